The Hall–Kier alpha value is -1.64. The van der Waals surface area contributed by atoms with Gasteiger partial charge in [-0.15, -0.1) is 0 Å². The summed E-state index contributed by atoms with van der Waals surface area (Å²) < 4.78 is 0. The van der Waals surface area contributed by atoms with Crippen molar-refractivity contribution >= 4 is 12.2 Å². The van der Waals surface area contributed by atoms with E-state index in [-0.39, 0.29) is 5.41 Å². The molecule has 5 unspecified atom stereocenters. The minimum Gasteiger partial charge on any atom is -0.389 e. The van der Waals surface area contributed by atoms with Crippen molar-refractivity contribution in [2.75, 3.05) is 13.1 Å². The highest BCUT2D eigenvalue weighted by molar-refractivity contribution is 5.65. The van der Waals surface area contributed by atoms with Gasteiger partial charge in [-0.25, -0.2) is 0 Å². The van der Waals surface area contributed by atoms with Crippen LogP contribution in [0.5, 0.6) is 0 Å². The van der Waals surface area contributed by atoms with Crippen molar-refractivity contribution in [1.29, 1.82) is 0 Å². The van der Waals surface area contributed by atoms with E-state index >= 15 is 0 Å². The Bertz CT molecular complexity index is 1050. The van der Waals surface area contributed by atoms with Gasteiger partial charge in [0.1, 0.15) is 0 Å². The molecule has 1 heterocycles. The molecule has 1 aromatic rings. The molecule has 1 aliphatic heterocycles. The lowest BCUT2D eigenvalue weighted by Crippen LogP contribution is -2.53. The van der Waals surface area contributed by atoms with Crippen LogP contribution in [-0.2, 0) is 0 Å². The van der Waals surface area contributed by atoms with Crippen molar-refractivity contribution in [3.63, 3.8) is 0 Å². The van der Waals surface area contributed by atoms with Crippen molar-refractivity contribution in [1.82, 2.24) is 4.90 Å². The summed E-state index contributed by atoms with van der Waals surface area (Å²) in [7, 11) is 0. The van der Waals surface area contributed by atoms with Crippen LogP contribution in [0.15, 0.2) is 42.5 Å². The van der Waals surface area contributed by atoms with Gasteiger partial charge in [0.15, 0.2) is 0 Å². The average Bonchev–Trinajstić information content (AvgIpc) is 3.51. The minimum atomic E-state index is -0.526. The van der Waals surface area contributed by atoms with Crippen LogP contribution in [0.25, 0.3) is 12.2 Å². The number of fused-ring (bicyclic) bond motifs is 4. The summed E-state index contributed by atoms with van der Waals surface area (Å²) in [6.07, 6.45) is 22.6. The minimum absolute atomic E-state index is 0.178. The van der Waals surface area contributed by atoms with Crippen LogP contribution in [0.1, 0.15) is 107 Å². The number of nitrogens with zero attached hydrogens (tertiary/aromatic N) is 1. The highest BCUT2D eigenvalue weighted by Gasteiger charge is 2.60. The molecule has 0 bridgehead atoms. The second kappa shape index (κ2) is 9.59. The van der Waals surface area contributed by atoms with Gasteiger partial charge in [0.2, 0.25) is 0 Å². The molecular formula is C34H47NO. The predicted molar refractivity (Wildman–Crippen MR) is 152 cm³/mol. The maximum atomic E-state index is 12.5. The smallest absolute Gasteiger partial charge is 0.0743 e. The molecule has 7 atom stereocenters. The molecule has 5 aliphatic rings. The standard InChI is InChI=1S/C34H47NO/c1-4-8-25-9-10-28(21-24(25)5-2)31-13-14-32-33(31,3)17-16-29-22-26-11-12-30(35-19-6-7-20-35)23-27(26)15-18-34(29,32)36/h4-5,8-10,21-22,27,29-32,36H,2,6-7,11-20,23H2,1,3H3/b8-4-/t27?,29?,30-,31?,32?,33?,34-/m1/s1. The van der Waals surface area contributed by atoms with E-state index in [4.69, 9.17) is 0 Å². The zero-order chi connectivity index (χ0) is 24.9. The quantitative estimate of drug-likeness (QED) is 0.437. The van der Waals surface area contributed by atoms with Crippen molar-refractivity contribution in [3.05, 3.63) is 59.2 Å². The van der Waals surface area contributed by atoms with Crippen molar-refractivity contribution in [2.24, 2.45) is 23.2 Å². The van der Waals surface area contributed by atoms with Crippen LogP contribution in [0.4, 0.5) is 0 Å². The Morgan fingerprint density at radius 3 is 2.64 bits per heavy atom. The van der Waals surface area contributed by atoms with E-state index in [2.05, 4.69) is 61.8 Å². The van der Waals surface area contributed by atoms with Crippen molar-refractivity contribution < 1.29 is 5.11 Å². The van der Waals surface area contributed by atoms with Crippen LogP contribution < -0.4 is 0 Å². The molecule has 36 heavy (non-hydrogen) atoms. The van der Waals surface area contributed by atoms with Gasteiger partial charge in [-0.1, -0.05) is 61.6 Å². The van der Waals surface area contributed by atoms with E-state index in [1.54, 1.807) is 5.57 Å². The highest BCUT2D eigenvalue weighted by Crippen LogP contribution is 2.65. The monoisotopic (exact) mass is 485 g/mol. The van der Waals surface area contributed by atoms with E-state index in [0.29, 0.717) is 23.7 Å². The molecule has 6 rings (SSSR count). The maximum absolute atomic E-state index is 12.5. The number of hydrogen-bond donors (Lipinski definition) is 1. The number of likely N-dealkylation sites (tertiary alicyclic amines) is 1. The molecule has 0 aromatic heterocycles. The normalized spacial score (nSPS) is 40.9. The molecule has 2 nitrogen and oxygen atoms in total. The number of allylic oxidation sites excluding steroid dienone is 2. The molecule has 3 saturated carbocycles. The SMILES string of the molecule is C=Cc1cc(C2CCC3C2(C)CCC2C=C4CC[C@@H](N5CCCC5)CC4CC[C@@]23O)ccc1/C=C\C. The van der Waals surface area contributed by atoms with Gasteiger partial charge in [0.05, 0.1) is 5.60 Å². The van der Waals surface area contributed by atoms with Gasteiger partial charge in [-0.3, -0.25) is 0 Å². The topological polar surface area (TPSA) is 23.5 Å². The van der Waals surface area contributed by atoms with Crippen LogP contribution in [0, 0.1) is 23.2 Å². The fraction of sp³-hybridized carbons (Fsp3) is 0.647. The Morgan fingerprint density at radius 2 is 1.86 bits per heavy atom. The zero-order valence-electron chi connectivity index (χ0n) is 22.7. The lowest BCUT2D eigenvalue weighted by atomic mass is 9.54. The van der Waals surface area contributed by atoms with Crippen LogP contribution in [0.3, 0.4) is 0 Å². The number of benzene rings is 1. The van der Waals surface area contributed by atoms with Crippen molar-refractivity contribution in [3.8, 4) is 0 Å². The number of rotatable bonds is 4. The van der Waals surface area contributed by atoms with Crippen LogP contribution >= 0.6 is 0 Å². The molecule has 1 N–H and O–H groups in total. The zero-order valence-corrected chi connectivity index (χ0v) is 22.7. The second-order valence-electron chi connectivity index (χ2n) is 13.1. The van der Waals surface area contributed by atoms with Gasteiger partial charge in [-0.2, -0.15) is 0 Å². The largest absolute Gasteiger partial charge is 0.389 e. The molecular weight excluding hydrogens is 438 g/mol. The summed E-state index contributed by atoms with van der Waals surface area (Å²) in [4.78, 5) is 2.78. The summed E-state index contributed by atoms with van der Waals surface area (Å²) in [5, 5.41) is 12.5. The lowest BCUT2D eigenvalue weighted by Gasteiger charge is -2.53. The highest BCUT2D eigenvalue weighted by atomic mass is 16.3. The Kier molecular flexibility index (Phi) is 6.57. The molecule has 0 spiro atoms. The van der Waals surface area contributed by atoms with Gasteiger partial charge in [-0.05, 0) is 131 Å². The van der Waals surface area contributed by atoms with Crippen molar-refractivity contribution in [2.45, 2.75) is 102 Å². The summed E-state index contributed by atoms with van der Waals surface area (Å²) in [6.45, 7) is 11.3. The second-order valence-corrected chi connectivity index (χ2v) is 13.1. The van der Waals surface area contributed by atoms with E-state index in [0.717, 1.165) is 18.9 Å². The Balaban J connectivity index is 1.25. The fourth-order valence-electron chi connectivity index (χ4n) is 9.59. The molecule has 2 heteroatoms. The molecule has 0 radical (unpaired) electrons. The maximum Gasteiger partial charge on any atom is 0.0743 e. The number of hydrogen-bond acceptors (Lipinski definition) is 2. The molecule has 4 aliphatic carbocycles. The summed E-state index contributed by atoms with van der Waals surface area (Å²) >= 11 is 0. The lowest BCUT2D eigenvalue weighted by molar-refractivity contribution is -0.130. The first-order valence-electron chi connectivity index (χ1n) is 15.0. The molecule has 0 amide bonds. The van der Waals surface area contributed by atoms with Gasteiger partial charge in [0.25, 0.3) is 0 Å². The summed E-state index contributed by atoms with van der Waals surface area (Å²) in [5.74, 6) is 2.00. The van der Waals surface area contributed by atoms with Gasteiger partial charge in [0, 0.05) is 12.0 Å². The molecule has 1 aromatic carbocycles. The predicted octanol–water partition coefficient (Wildman–Crippen LogP) is 7.99. The first-order valence-corrected chi connectivity index (χ1v) is 15.0. The van der Waals surface area contributed by atoms with Crippen LogP contribution in [-0.4, -0.2) is 34.7 Å². The number of aliphatic hydroxyl groups is 1. The third kappa shape index (κ3) is 3.99. The fourth-order valence-corrected chi connectivity index (χ4v) is 9.59. The summed E-state index contributed by atoms with van der Waals surface area (Å²) in [5.41, 5.74) is 5.31. The first kappa shape index (κ1) is 24.7. The van der Waals surface area contributed by atoms with Gasteiger partial charge < -0.3 is 10.0 Å². The Morgan fingerprint density at radius 1 is 1.03 bits per heavy atom. The third-order valence-electron chi connectivity index (χ3n) is 11.5. The van der Waals surface area contributed by atoms with E-state index in [1.807, 2.05) is 6.08 Å². The average molecular weight is 486 g/mol. The van der Waals surface area contributed by atoms with Gasteiger partial charge >= 0.3 is 0 Å². The third-order valence-corrected chi connectivity index (χ3v) is 11.5. The Labute approximate surface area is 219 Å². The molecule has 194 valence electrons. The summed E-state index contributed by atoms with van der Waals surface area (Å²) in [6, 6.07) is 7.81. The molecule has 1 saturated heterocycles. The molecule has 4 fully saturated rings. The van der Waals surface area contributed by atoms with E-state index in [1.165, 1.54) is 87.6 Å². The first-order chi connectivity index (χ1) is 17.5. The van der Waals surface area contributed by atoms with E-state index in [9.17, 15) is 5.11 Å². The van der Waals surface area contributed by atoms with Crippen LogP contribution in [0.2, 0.25) is 0 Å². The van der Waals surface area contributed by atoms with E-state index < -0.39 is 5.60 Å².